The number of halogens is 5. The average Bonchev–Trinajstić information content (AvgIpc) is 3.10. The predicted molar refractivity (Wildman–Crippen MR) is 141 cm³/mol. The van der Waals surface area contributed by atoms with E-state index in [0.29, 0.717) is 34.9 Å². The molecule has 0 saturated carbocycles. The standard InChI is InChI=1S/C27H31F5N3O2P/c1-7-8-16-20-21(34-22(16)23(33-6)27(30,31)32)17(25(36)37-14(2)3)12-35(13-26(20,4)5)24(38)15-9-10-18(28)19(29)11-15/h9-12,14,34,38H,7-8,13H2,1-6H3. The zero-order valence-electron chi connectivity index (χ0n) is 22.1. The number of carbonyl (C=O) groups excluding carboxylic acids is 1. The second-order valence-electron chi connectivity index (χ2n) is 10.0. The van der Waals surface area contributed by atoms with Crippen LogP contribution in [0.1, 0.15) is 69.1 Å². The fourth-order valence-corrected chi connectivity index (χ4v) is 5.03. The number of nitrogens with zero attached hydrogens (tertiary/aromatic N) is 2. The highest BCUT2D eigenvalue weighted by atomic mass is 31.0. The van der Waals surface area contributed by atoms with Gasteiger partial charge in [-0.2, -0.15) is 13.2 Å². The number of hydrogen-bond donors (Lipinski definition) is 1. The zero-order valence-corrected chi connectivity index (χ0v) is 23.1. The Balaban J connectivity index is 2.31. The smallest absolute Gasteiger partial charge is 0.434 e. The van der Waals surface area contributed by atoms with Crippen LogP contribution in [0.4, 0.5) is 22.0 Å². The minimum Gasteiger partial charge on any atom is -0.459 e. The quantitative estimate of drug-likeness (QED) is 0.185. The topological polar surface area (TPSA) is 57.7 Å². The van der Waals surface area contributed by atoms with Gasteiger partial charge in [-0.15, -0.1) is 0 Å². The second kappa shape index (κ2) is 11.0. The van der Waals surface area contributed by atoms with Gasteiger partial charge >= 0.3 is 12.1 Å². The molecule has 2 heterocycles. The van der Waals surface area contributed by atoms with Crippen LogP contribution in [0, 0.1) is 11.6 Å². The molecule has 11 heteroatoms. The van der Waals surface area contributed by atoms with Crippen LogP contribution < -0.4 is 0 Å². The first kappa shape index (κ1) is 29.6. The first-order chi connectivity index (χ1) is 17.6. The van der Waals surface area contributed by atoms with Gasteiger partial charge < -0.3 is 14.6 Å². The van der Waals surface area contributed by atoms with E-state index in [-0.39, 0.29) is 23.5 Å². The van der Waals surface area contributed by atoms with Gasteiger partial charge in [0.05, 0.1) is 28.5 Å². The Labute approximate surface area is 221 Å². The largest absolute Gasteiger partial charge is 0.459 e. The Hall–Kier alpha value is -3.00. The van der Waals surface area contributed by atoms with Crippen molar-refractivity contribution in [2.75, 3.05) is 13.6 Å². The molecule has 0 atom stereocenters. The van der Waals surface area contributed by atoms with E-state index >= 15 is 0 Å². The van der Waals surface area contributed by atoms with E-state index in [4.69, 9.17) is 4.74 Å². The van der Waals surface area contributed by atoms with Crippen LogP contribution in [-0.2, 0) is 21.4 Å². The number of carbonyl (C=O) groups is 1. The number of aliphatic imine (C=N–C) groups is 1. The zero-order chi connectivity index (χ0) is 28.6. The summed E-state index contributed by atoms with van der Waals surface area (Å²) in [7, 11) is 4.60. The van der Waals surface area contributed by atoms with Gasteiger partial charge in [-0.05, 0) is 49.6 Å². The molecule has 1 aromatic carbocycles. The van der Waals surface area contributed by atoms with E-state index in [9.17, 15) is 26.7 Å². The van der Waals surface area contributed by atoms with Crippen molar-refractivity contribution in [2.24, 2.45) is 4.99 Å². The molecule has 1 N–H and O–H groups in total. The van der Waals surface area contributed by atoms with E-state index in [1.807, 2.05) is 20.8 Å². The highest BCUT2D eigenvalue weighted by molar-refractivity contribution is 7.21. The number of hydrogen-bond acceptors (Lipinski definition) is 3. The third-order valence-electron chi connectivity index (χ3n) is 6.17. The molecule has 0 fully saturated rings. The molecule has 3 rings (SSSR count). The maximum atomic E-state index is 14.0. The summed E-state index contributed by atoms with van der Waals surface area (Å²) in [4.78, 5) is 21.4. The third kappa shape index (κ3) is 5.85. The molecular formula is C27H31F5N3O2P. The maximum Gasteiger partial charge on any atom is 0.434 e. The average molecular weight is 556 g/mol. The van der Waals surface area contributed by atoms with Crippen molar-refractivity contribution >= 4 is 31.5 Å². The molecule has 0 saturated heterocycles. The second-order valence-corrected chi connectivity index (χ2v) is 10.5. The molecule has 1 aromatic heterocycles. The van der Waals surface area contributed by atoms with Gasteiger partial charge in [-0.3, -0.25) is 4.99 Å². The van der Waals surface area contributed by atoms with Gasteiger partial charge in [0.25, 0.3) is 0 Å². The lowest BCUT2D eigenvalue weighted by Crippen LogP contribution is -2.37. The number of nitrogens with one attached hydrogen (secondary N) is 1. The van der Waals surface area contributed by atoms with Crippen LogP contribution in [0.15, 0.2) is 29.4 Å². The molecule has 0 radical (unpaired) electrons. The van der Waals surface area contributed by atoms with E-state index < -0.39 is 41.0 Å². The number of aromatic nitrogens is 1. The van der Waals surface area contributed by atoms with Gasteiger partial charge in [-0.1, -0.05) is 36.1 Å². The van der Waals surface area contributed by atoms with Crippen molar-refractivity contribution in [2.45, 2.75) is 65.2 Å². The van der Waals surface area contributed by atoms with Crippen molar-refractivity contribution < 1.29 is 31.5 Å². The fourth-order valence-electron chi connectivity index (χ4n) is 4.73. The summed E-state index contributed by atoms with van der Waals surface area (Å²) in [5.74, 6) is -2.80. The Bertz CT molecular complexity index is 1310. The minimum atomic E-state index is -4.72. The monoisotopic (exact) mass is 555 g/mol. The summed E-state index contributed by atoms with van der Waals surface area (Å²) >= 11 is 0. The lowest BCUT2D eigenvalue weighted by Gasteiger charge is -2.32. The van der Waals surface area contributed by atoms with Crippen LogP contribution >= 0.6 is 8.86 Å². The van der Waals surface area contributed by atoms with E-state index in [1.54, 1.807) is 18.7 Å². The number of esters is 1. The first-order valence-corrected chi connectivity index (χ1v) is 12.7. The summed E-state index contributed by atoms with van der Waals surface area (Å²) in [5, 5.41) is 0. The number of aromatic amines is 1. The molecule has 38 heavy (non-hydrogen) atoms. The highest BCUT2D eigenvalue weighted by Gasteiger charge is 2.43. The van der Waals surface area contributed by atoms with Crippen LogP contribution in [0.5, 0.6) is 0 Å². The number of rotatable bonds is 7. The van der Waals surface area contributed by atoms with E-state index in [0.717, 1.165) is 19.2 Å². The van der Waals surface area contributed by atoms with Crippen molar-refractivity contribution in [3.05, 3.63) is 64.1 Å². The summed E-state index contributed by atoms with van der Waals surface area (Å²) < 4.78 is 75.0. The third-order valence-corrected chi connectivity index (χ3v) is 6.75. The first-order valence-electron chi connectivity index (χ1n) is 12.2. The summed E-state index contributed by atoms with van der Waals surface area (Å²) in [6.45, 7) is 9.06. The molecule has 0 aliphatic carbocycles. The Morgan fingerprint density at radius 1 is 1.24 bits per heavy atom. The molecule has 1 aliphatic rings. The van der Waals surface area contributed by atoms with Crippen molar-refractivity contribution in [1.29, 1.82) is 0 Å². The number of benzene rings is 1. The van der Waals surface area contributed by atoms with Gasteiger partial charge in [0, 0.05) is 30.8 Å². The summed E-state index contributed by atoms with van der Waals surface area (Å²) in [5.41, 5.74) is -0.256. The van der Waals surface area contributed by atoms with Crippen LogP contribution in [-0.4, -0.2) is 52.9 Å². The SMILES string of the molecule is CCCc1c(C(=NC)C(F)(F)F)[nH]c2c1C(C)(C)CN(C(=P)c1ccc(F)c(F)c1)C=C2C(=O)OC(C)C. The van der Waals surface area contributed by atoms with Crippen LogP contribution in [0.3, 0.4) is 0 Å². The van der Waals surface area contributed by atoms with Gasteiger partial charge in [-0.25, -0.2) is 13.6 Å². The Morgan fingerprint density at radius 2 is 1.89 bits per heavy atom. The van der Waals surface area contributed by atoms with Gasteiger partial charge in [0.15, 0.2) is 17.3 Å². The van der Waals surface area contributed by atoms with Crippen LogP contribution in [0.2, 0.25) is 0 Å². The molecular weight excluding hydrogens is 524 g/mol. The molecule has 5 nitrogen and oxygen atoms in total. The Morgan fingerprint density at radius 3 is 2.42 bits per heavy atom. The molecule has 0 spiro atoms. The number of fused-ring (bicyclic) bond motifs is 1. The van der Waals surface area contributed by atoms with E-state index in [2.05, 4.69) is 18.8 Å². The number of alkyl halides is 3. The fraction of sp³-hybridized carbons (Fsp3) is 0.444. The van der Waals surface area contributed by atoms with Crippen molar-refractivity contribution in [3.63, 3.8) is 0 Å². The van der Waals surface area contributed by atoms with Crippen molar-refractivity contribution in [3.8, 4) is 0 Å². The maximum absolute atomic E-state index is 14.0. The van der Waals surface area contributed by atoms with Gasteiger partial charge in [0.1, 0.15) is 0 Å². The summed E-state index contributed by atoms with van der Waals surface area (Å²) in [6, 6.07) is 3.39. The highest BCUT2D eigenvalue weighted by Crippen LogP contribution is 2.41. The number of ether oxygens (including phenoxy) is 1. The van der Waals surface area contributed by atoms with Gasteiger partial charge in [0.2, 0.25) is 0 Å². The molecule has 0 unspecified atom stereocenters. The van der Waals surface area contributed by atoms with Crippen molar-refractivity contribution in [1.82, 2.24) is 9.88 Å². The lowest BCUT2D eigenvalue weighted by atomic mass is 9.79. The minimum absolute atomic E-state index is 0.00107. The Kier molecular flexibility index (Phi) is 8.56. The molecule has 0 amide bonds. The molecule has 0 bridgehead atoms. The molecule has 2 aromatic rings. The normalized spacial score (nSPS) is 15.7. The van der Waals surface area contributed by atoms with Crippen LogP contribution in [0.25, 0.3) is 5.57 Å². The number of H-pyrrole nitrogens is 1. The molecule has 206 valence electrons. The predicted octanol–water partition coefficient (Wildman–Crippen LogP) is 6.43. The lowest BCUT2D eigenvalue weighted by molar-refractivity contribution is -0.140. The molecule has 1 aliphatic heterocycles. The van der Waals surface area contributed by atoms with E-state index in [1.165, 1.54) is 12.3 Å². The summed E-state index contributed by atoms with van der Waals surface area (Å²) in [6.07, 6.45) is -2.91.